The van der Waals surface area contributed by atoms with Gasteiger partial charge in [-0.25, -0.2) is 19.7 Å². The van der Waals surface area contributed by atoms with Crippen molar-refractivity contribution >= 4 is 126 Å². The van der Waals surface area contributed by atoms with Gasteiger partial charge >= 0.3 is 0 Å². The van der Waals surface area contributed by atoms with Crippen molar-refractivity contribution in [3.05, 3.63) is 111 Å². The first-order chi connectivity index (χ1) is 23.8. The first kappa shape index (κ1) is 43.1. The summed E-state index contributed by atoms with van der Waals surface area (Å²) in [7, 11) is 0. The molecule has 6 N–H and O–H groups in total. The van der Waals surface area contributed by atoms with E-state index in [4.69, 9.17) is 61.2 Å². The van der Waals surface area contributed by atoms with E-state index in [1.807, 2.05) is 12.1 Å². The monoisotopic (exact) mass is 1010 g/mol. The van der Waals surface area contributed by atoms with E-state index in [9.17, 15) is 23.5 Å². The van der Waals surface area contributed by atoms with Gasteiger partial charge in [0.15, 0.2) is 0 Å². The molecule has 4 aromatic carbocycles. The third-order valence-electron chi connectivity index (χ3n) is 6.09. The number of carbonyl (C=O) groups is 2. The van der Waals surface area contributed by atoms with Gasteiger partial charge < -0.3 is 20.8 Å². The normalized spacial score (nSPS) is 11.6. The zero-order valence-electron chi connectivity index (χ0n) is 26.8. The average Bonchev–Trinajstić information content (AvgIpc) is 3.02. The lowest BCUT2D eigenvalue weighted by Crippen LogP contribution is -2.33. The molecule has 0 aliphatic heterocycles. The summed E-state index contributed by atoms with van der Waals surface area (Å²) in [6.07, 6.45) is -0.750. The molecule has 0 saturated heterocycles. The molecule has 4 aromatic rings. The Hall–Kier alpha value is -2.26. The highest BCUT2D eigenvalue weighted by Crippen LogP contribution is 2.33. The number of hydrogen-bond acceptors (Lipinski definition) is 8. The fraction of sp³-hybridized carbons (Fsp3) is 0.212. The summed E-state index contributed by atoms with van der Waals surface area (Å²) in [6, 6.07) is 15.1. The minimum absolute atomic E-state index is 0.0572. The Morgan fingerprint density at radius 1 is 0.725 bits per heavy atom. The van der Waals surface area contributed by atoms with Crippen molar-refractivity contribution in [2.24, 2.45) is 0 Å². The highest BCUT2D eigenvalue weighted by atomic mass is 127. The lowest BCUT2D eigenvalue weighted by Gasteiger charge is -2.18. The lowest BCUT2D eigenvalue weighted by molar-refractivity contribution is -0.0522. The Labute approximate surface area is 339 Å². The van der Waals surface area contributed by atoms with Crippen molar-refractivity contribution in [3.63, 3.8) is 0 Å². The van der Waals surface area contributed by atoms with Gasteiger partial charge in [0.2, 0.25) is 0 Å². The highest BCUT2D eigenvalue weighted by molar-refractivity contribution is 14.1. The van der Waals surface area contributed by atoms with Gasteiger partial charge in [0, 0.05) is 7.14 Å². The fourth-order valence-electron chi connectivity index (χ4n) is 3.76. The molecule has 0 saturated carbocycles. The van der Waals surface area contributed by atoms with Crippen LogP contribution in [0.5, 0.6) is 0 Å². The molecule has 2 amide bonds. The van der Waals surface area contributed by atoms with Gasteiger partial charge in [-0.05, 0) is 127 Å². The predicted octanol–water partition coefficient (Wildman–Crippen LogP) is 9.44. The van der Waals surface area contributed by atoms with Crippen molar-refractivity contribution in [2.45, 2.75) is 32.5 Å². The molecular formula is C33H30Cl4F2I2N4O6. The molecule has 0 aliphatic rings. The van der Waals surface area contributed by atoms with Crippen LogP contribution in [0.15, 0.2) is 60.7 Å². The van der Waals surface area contributed by atoms with Crippen LogP contribution in [0, 0.1) is 18.8 Å². The van der Waals surface area contributed by atoms with Gasteiger partial charge in [0.05, 0.1) is 65.7 Å². The molecule has 10 nitrogen and oxygen atoms in total. The molecule has 274 valence electrons. The number of benzene rings is 4. The van der Waals surface area contributed by atoms with Gasteiger partial charge in [-0.15, -0.1) is 0 Å². The topological polar surface area (TPSA) is 141 Å². The summed E-state index contributed by atoms with van der Waals surface area (Å²) >= 11 is 28.1. The van der Waals surface area contributed by atoms with E-state index in [0.29, 0.717) is 21.4 Å². The highest BCUT2D eigenvalue weighted by Gasteiger charge is 2.20. The Balaban J connectivity index is 0.000000276. The summed E-state index contributed by atoms with van der Waals surface area (Å²) in [5, 5.41) is 25.0. The zero-order chi connectivity index (χ0) is 38.0. The molecule has 0 heterocycles. The predicted molar refractivity (Wildman–Crippen MR) is 213 cm³/mol. The van der Waals surface area contributed by atoms with Gasteiger partial charge in [0.25, 0.3) is 11.8 Å². The Morgan fingerprint density at radius 3 is 1.51 bits per heavy atom. The number of nitrogens with one attached hydrogen (secondary N) is 4. The van der Waals surface area contributed by atoms with E-state index in [1.54, 1.807) is 24.3 Å². The maximum atomic E-state index is 13.9. The average molecular weight is 1010 g/mol. The standard InChI is InChI=1S/C17H16Cl2FIN2O3.C16H14Cl2FIN2O3/c1-17(2,25)8-26-23-16(24)10-6-11(18)13(20)7-15(10)22-14-4-3-9(21)5-12(14)19;1-8(23)7-25-22-16(24)10-5-11(17)13(19)6-15(10)21-14-3-2-9(20)4-12(14)18/h3-7,22,25H,8H2,1-2H3,(H,23,24);2-6,8,21,23H,7H2,1H3,(H,22,24). The van der Waals surface area contributed by atoms with Crippen LogP contribution >= 0.6 is 91.6 Å². The summed E-state index contributed by atoms with van der Waals surface area (Å²) in [4.78, 5) is 34.5. The fourth-order valence-corrected chi connectivity index (χ4v) is 5.90. The number of hydroxylamine groups is 2. The molecule has 0 spiro atoms. The Morgan fingerprint density at radius 2 is 1.14 bits per heavy atom. The molecule has 0 aromatic heterocycles. The SMILES string of the molecule is CC(C)(O)CONC(=O)c1cc(Cl)c(F)cc1Nc1ccc(I)cc1Cl.CC(O)CONC(=O)c1cc(Cl)c(F)cc1Nc1ccc(I)cc1Cl. The Kier molecular flexibility index (Phi) is 16.7. The van der Waals surface area contributed by atoms with E-state index >= 15 is 0 Å². The van der Waals surface area contributed by atoms with Crippen LogP contribution in [0.4, 0.5) is 31.5 Å². The molecule has 0 bridgehead atoms. The third-order valence-corrected chi connectivity index (χ3v) is 8.64. The number of rotatable bonds is 12. The van der Waals surface area contributed by atoms with Crippen LogP contribution in [0.3, 0.4) is 0 Å². The molecule has 1 atom stereocenters. The van der Waals surface area contributed by atoms with E-state index < -0.39 is 35.2 Å². The molecular weight excluding hydrogens is 982 g/mol. The largest absolute Gasteiger partial charge is 0.391 e. The summed E-state index contributed by atoms with van der Waals surface area (Å²) in [6.45, 7) is 4.35. The number of carbonyl (C=O) groups excluding carboxylic acids is 2. The third kappa shape index (κ3) is 13.9. The minimum Gasteiger partial charge on any atom is -0.391 e. The minimum atomic E-state index is -1.12. The quantitative estimate of drug-likeness (QED) is 0.0610. The smallest absolute Gasteiger partial charge is 0.277 e. The van der Waals surface area contributed by atoms with Crippen molar-refractivity contribution < 1.29 is 38.3 Å². The van der Waals surface area contributed by atoms with E-state index in [2.05, 4.69) is 66.8 Å². The molecule has 51 heavy (non-hydrogen) atoms. The lowest BCUT2D eigenvalue weighted by atomic mass is 10.1. The molecule has 0 fully saturated rings. The van der Waals surface area contributed by atoms with E-state index in [1.165, 1.54) is 32.9 Å². The maximum Gasteiger partial charge on any atom is 0.277 e. The second kappa shape index (κ2) is 19.7. The second-order valence-corrected chi connectivity index (χ2v) is 15.4. The molecule has 4 rings (SSSR count). The maximum absolute atomic E-state index is 13.9. The number of halogens is 8. The van der Waals surface area contributed by atoms with Gasteiger partial charge in [-0.3, -0.25) is 19.3 Å². The van der Waals surface area contributed by atoms with Gasteiger partial charge in [-0.2, -0.15) is 0 Å². The number of anilines is 4. The number of amides is 2. The van der Waals surface area contributed by atoms with E-state index in [0.717, 1.165) is 19.3 Å². The second-order valence-electron chi connectivity index (χ2n) is 11.2. The van der Waals surface area contributed by atoms with Crippen LogP contribution in [-0.4, -0.2) is 46.9 Å². The first-order valence-electron chi connectivity index (χ1n) is 14.5. The Bertz CT molecular complexity index is 1890. The first-order valence-corrected chi connectivity index (χ1v) is 18.2. The van der Waals surface area contributed by atoms with Crippen LogP contribution < -0.4 is 21.6 Å². The number of hydrogen-bond donors (Lipinski definition) is 6. The van der Waals surface area contributed by atoms with E-state index in [-0.39, 0.29) is 45.8 Å². The van der Waals surface area contributed by atoms with Crippen LogP contribution in [0.1, 0.15) is 41.5 Å². The van der Waals surface area contributed by atoms with Gasteiger partial charge in [-0.1, -0.05) is 46.4 Å². The van der Waals surface area contributed by atoms with Crippen LogP contribution in [0.25, 0.3) is 0 Å². The summed E-state index contributed by atoms with van der Waals surface area (Å²) in [5.74, 6) is -2.68. The summed E-state index contributed by atoms with van der Waals surface area (Å²) in [5.41, 5.74) is 4.71. The van der Waals surface area contributed by atoms with Crippen LogP contribution in [0.2, 0.25) is 20.1 Å². The van der Waals surface area contributed by atoms with Gasteiger partial charge in [0.1, 0.15) is 24.8 Å². The zero-order valence-corrected chi connectivity index (χ0v) is 34.2. The summed E-state index contributed by atoms with van der Waals surface area (Å²) < 4.78 is 29.6. The van der Waals surface area contributed by atoms with Crippen molar-refractivity contribution in [2.75, 3.05) is 23.8 Å². The molecule has 0 radical (unpaired) electrons. The van der Waals surface area contributed by atoms with Crippen LogP contribution in [-0.2, 0) is 9.68 Å². The van der Waals surface area contributed by atoms with Crippen molar-refractivity contribution in [3.8, 4) is 0 Å². The number of aliphatic hydroxyl groups is 2. The molecule has 0 aliphatic carbocycles. The van der Waals surface area contributed by atoms with Crippen molar-refractivity contribution in [1.29, 1.82) is 0 Å². The molecule has 18 heteroatoms. The molecule has 1 unspecified atom stereocenters. The number of aliphatic hydroxyl groups excluding tert-OH is 1. The van der Waals surface area contributed by atoms with Crippen molar-refractivity contribution in [1.82, 2.24) is 11.0 Å².